The van der Waals surface area contributed by atoms with Gasteiger partial charge in [-0.15, -0.1) is 0 Å². The van der Waals surface area contributed by atoms with Crippen molar-refractivity contribution in [2.75, 3.05) is 6.54 Å². The molecule has 0 aromatic heterocycles. The van der Waals surface area contributed by atoms with E-state index in [0.717, 1.165) is 13.0 Å². The summed E-state index contributed by atoms with van der Waals surface area (Å²) in [5, 5.41) is 31.8. The zero-order chi connectivity index (χ0) is 13.4. The molecule has 1 aliphatic carbocycles. The van der Waals surface area contributed by atoms with Crippen molar-refractivity contribution < 1.29 is 15.3 Å². The minimum atomic E-state index is -1.09. The van der Waals surface area contributed by atoms with E-state index in [1.54, 1.807) is 6.08 Å². The van der Waals surface area contributed by atoms with Gasteiger partial charge in [0.25, 0.3) is 0 Å². The fourth-order valence-electron chi connectivity index (χ4n) is 2.24. The largest absolute Gasteiger partial charge is 0.388 e. The molecule has 0 bridgehead atoms. The Morgan fingerprint density at radius 2 is 1.56 bits per heavy atom. The minimum Gasteiger partial charge on any atom is -0.388 e. The molecule has 1 aliphatic rings. The van der Waals surface area contributed by atoms with Crippen LogP contribution in [-0.4, -0.2) is 46.2 Å². The van der Waals surface area contributed by atoms with Gasteiger partial charge >= 0.3 is 0 Å². The van der Waals surface area contributed by atoms with Crippen LogP contribution in [-0.2, 0) is 0 Å². The zero-order valence-corrected chi connectivity index (χ0v) is 11.3. The molecule has 106 valence electrons. The van der Waals surface area contributed by atoms with Crippen molar-refractivity contribution in [3.63, 3.8) is 0 Å². The molecule has 0 spiro atoms. The summed E-state index contributed by atoms with van der Waals surface area (Å²) in [6, 6.07) is -0.251. The summed E-state index contributed by atoms with van der Waals surface area (Å²) in [7, 11) is 0. The molecule has 4 atom stereocenters. The van der Waals surface area contributed by atoms with Gasteiger partial charge in [-0.3, -0.25) is 0 Å². The minimum absolute atomic E-state index is 0.251. The molecule has 0 radical (unpaired) electrons. The Morgan fingerprint density at radius 3 is 2.28 bits per heavy atom. The van der Waals surface area contributed by atoms with Crippen LogP contribution in [0.4, 0.5) is 0 Å². The van der Waals surface area contributed by atoms with Crippen LogP contribution in [0.5, 0.6) is 0 Å². The van der Waals surface area contributed by atoms with Gasteiger partial charge in [0.15, 0.2) is 0 Å². The van der Waals surface area contributed by atoms with E-state index in [-0.39, 0.29) is 6.04 Å². The molecule has 0 saturated carbocycles. The Bertz CT molecular complexity index is 245. The van der Waals surface area contributed by atoms with Gasteiger partial charge in [-0.25, -0.2) is 0 Å². The number of nitrogens with one attached hydrogen (secondary N) is 1. The summed E-state index contributed by atoms with van der Waals surface area (Å²) < 4.78 is 0. The van der Waals surface area contributed by atoms with E-state index in [1.807, 2.05) is 0 Å². The summed E-state index contributed by atoms with van der Waals surface area (Å²) in [6.45, 7) is 3.04. The van der Waals surface area contributed by atoms with Gasteiger partial charge in [0, 0.05) is 0 Å². The first kappa shape index (κ1) is 15.6. The van der Waals surface area contributed by atoms with Crippen LogP contribution in [0.1, 0.15) is 45.4 Å². The highest BCUT2D eigenvalue weighted by Crippen LogP contribution is 2.13. The number of rotatable bonds is 8. The van der Waals surface area contributed by atoms with Crippen molar-refractivity contribution in [1.82, 2.24) is 5.32 Å². The van der Waals surface area contributed by atoms with E-state index in [4.69, 9.17) is 0 Å². The van der Waals surface area contributed by atoms with Crippen molar-refractivity contribution in [3.8, 4) is 0 Å². The number of hydrogen-bond acceptors (Lipinski definition) is 4. The van der Waals surface area contributed by atoms with Crippen LogP contribution in [0, 0.1) is 0 Å². The third kappa shape index (κ3) is 5.06. The molecule has 18 heavy (non-hydrogen) atoms. The summed E-state index contributed by atoms with van der Waals surface area (Å²) in [5.74, 6) is 0. The lowest BCUT2D eigenvalue weighted by molar-refractivity contribution is -0.0564. The standard InChI is InChI=1S/C14H27NO3/c1-2-3-4-5-6-7-10-15-11-8-9-12(16)14(18)13(11)17/h8-9,11-18H,2-7,10H2,1H3/t11-,12+,13+,14+/m1/s1. The normalized spacial score (nSPS) is 31.8. The molecular formula is C14H27NO3. The van der Waals surface area contributed by atoms with Gasteiger partial charge in [-0.2, -0.15) is 0 Å². The highest BCUT2D eigenvalue weighted by atomic mass is 16.4. The number of aliphatic hydroxyl groups excluding tert-OH is 3. The Hall–Kier alpha value is -0.420. The molecule has 0 aromatic rings. The average Bonchev–Trinajstić information content (AvgIpc) is 2.37. The average molecular weight is 257 g/mol. The van der Waals surface area contributed by atoms with E-state index in [1.165, 1.54) is 38.2 Å². The van der Waals surface area contributed by atoms with Crippen LogP contribution in [0.15, 0.2) is 12.2 Å². The van der Waals surface area contributed by atoms with Gasteiger partial charge < -0.3 is 20.6 Å². The number of aliphatic hydroxyl groups is 3. The second-order valence-corrected chi connectivity index (χ2v) is 5.10. The first-order valence-electron chi connectivity index (χ1n) is 7.12. The summed E-state index contributed by atoms with van der Waals surface area (Å²) >= 11 is 0. The predicted molar refractivity (Wildman–Crippen MR) is 72.3 cm³/mol. The van der Waals surface area contributed by atoms with Crippen molar-refractivity contribution in [1.29, 1.82) is 0 Å². The second-order valence-electron chi connectivity index (χ2n) is 5.10. The summed E-state index contributed by atoms with van der Waals surface area (Å²) in [4.78, 5) is 0. The maximum Gasteiger partial charge on any atom is 0.111 e. The highest BCUT2D eigenvalue weighted by Gasteiger charge is 2.32. The van der Waals surface area contributed by atoms with Gasteiger partial charge in [0.2, 0.25) is 0 Å². The molecular weight excluding hydrogens is 230 g/mol. The lowest BCUT2D eigenvalue weighted by Crippen LogP contribution is -2.52. The molecule has 1 rings (SSSR count). The van der Waals surface area contributed by atoms with Gasteiger partial charge in [-0.05, 0) is 13.0 Å². The van der Waals surface area contributed by atoms with Crippen LogP contribution >= 0.6 is 0 Å². The van der Waals surface area contributed by atoms with E-state index >= 15 is 0 Å². The number of unbranched alkanes of at least 4 members (excludes halogenated alkanes) is 5. The SMILES string of the molecule is CCCCCCCCN[C@@H]1C=C[C@H](O)[C@H](O)[C@H]1O. The Morgan fingerprint density at radius 1 is 0.889 bits per heavy atom. The molecule has 0 aliphatic heterocycles. The van der Waals surface area contributed by atoms with Crippen LogP contribution in [0.3, 0.4) is 0 Å². The van der Waals surface area contributed by atoms with E-state index in [9.17, 15) is 15.3 Å². The fraction of sp³-hybridized carbons (Fsp3) is 0.857. The zero-order valence-electron chi connectivity index (χ0n) is 11.3. The van der Waals surface area contributed by atoms with Crippen molar-refractivity contribution in [2.45, 2.75) is 69.8 Å². The van der Waals surface area contributed by atoms with Crippen molar-refractivity contribution >= 4 is 0 Å². The fourth-order valence-corrected chi connectivity index (χ4v) is 2.24. The van der Waals surface area contributed by atoms with Gasteiger partial charge in [0.05, 0.1) is 6.04 Å². The molecule has 0 unspecified atom stereocenters. The first-order chi connectivity index (χ1) is 8.66. The van der Waals surface area contributed by atoms with E-state index in [0.29, 0.717) is 0 Å². The maximum absolute atomic E-state index is 9.76. The molecule has 0 heterocycles. The molecule has 4 heteroatoms. The Kier molecular flexibility index (Phi) is 7.51. The highest BCUT2D eigenvalue weighted by molar-refractivity contribution is 5.10. The van der Waals surface area contributed by atoms with Crippen LogP contribution < -0.4 is 5.32 Å². The summed E-state index contributed by atoms with van der Waals surface area (Å²) in [5.41, 5.74) is 0. The van der Waals surface area contributed by atoms with Crippen LogP contribution in [0.2, 0.25) is 0 Å². The van der Waals surface area contributed by atoms with Gasteiger partial charge in [0.1, 0.15) is 18.3 Å². The van der Waals surface area contributed by atoms with Crippen molar-refractivity contribution in [2.24, 2.45) is 0 Å². The first-order valence-corrected chi connectivity index (χ1v) is 7.12. The Labute approximate surface area is 110 Å². The quantitative estimate of drug-likeness (QED) is 0.386. The summed E-state index contributed by atoms with van der Waals surface area (Å²) in [6.07, 6.45) is 7.72. The monoisotopic (exact) mass is 257 g/mol. The predicted octanol–water partition coefficient (Wildman–Crippen LogP) is 0.958. The molecule has 0 aromatic carbocycles. The third-order valence-electron chi connectivity index (χ3n) is 3.49. The topological polar surface area (TPSA) is 72.7 Å². The molecule has 0 amide bonds. The van der Waals surface area contributed by atoms with Crippen molar-refractivity contribution in [3.05, 3.63) is 12.2 Å². The lowest BCUT2D eigenvalue weighted by atomic mass is 9.94. The second kappa shape index (κ2) is 8.64. The van der Waals surface area contributed by atoms with E-state index < -0.39 is 18.3 Å². The molecule has 4 N–H and O–H groups in total. The maximum atomic E-state index is 9.76. The van der Waals surface area contributed by atoms with E-state index in [2.05, 4.69) is 12.2 Å². The third-order valence-corrected chi connectivity index (χ3v) is 3.49. The Balaban J connectivity index is 2.10. The van der Waals surface area contributed by atoms with Crippen LogP contribution in [0.25, 0.3) is 0 Å². The number of hydrogen-bond donors (Lipinski definition) is 4. The molecule has 0 saturated heterocycles. The lowest BCUT2D eigenvalue weighted by Gasteiger charge is -2.31. The molecule has 4 nitrogen and oxygen atoms in total. The molecule has 0 fully saturated rings. The smallest absolute Gasteiger partial charge is 0.111 e. The van der Waals surface area contributed by atoms with Gasteiger partial charge in [-0.1, -0.05) is 51.2 Å².